The second kappa shape index (κ2) is 8.96. The number of aromatic nitrogens is 5. The summed E-state index contributed by atoms with van der Waals surface area (Å²) >= 11 is 2.73. The van der Waals surface area contributed by atoms with Crippen molar-refractivity contribution in [1.82, 2.24) is 25.0 Å². The summed E-state index contributed by atoms with van der Waals surface area (Å²) in [5, 5.41) is 21.4. The number of nitrogens with one attached hydrogen (secondary N) is 1. The third-order valence-corrected chi connectivity index (χ3v) is 5.68. The molecule has 0 aliphatic heterocycles. The first kappa shape index (κ1) is 19.3. The number of nitrogens with zero attached hydrogens (tertiary/aromatic N) is 5. The van der Waals surface area contributed by atoms with Crippen LogP contribution in [-0.4, -0.2) is 43.7 Å². The van der Waals surface area contributed by atoms with E-state index in [2.05, 4.69) is 25.7 Å². The number of thioether (sulfide) groups is 1. The number of carbonyl (C=O) groups excluding carboxylic acids is 1. The molecule has 8 nitrogen and oxygen atoms in total. The molecule has 1 amide bonds. The van der Waals surface area contributed by atoms with Crippen molar-refractivity contribution in [2.75, 3.05) is 18.2 Å². The predicted octanol–water partition coefficient (Wildman–Crippen LogP) is 3.12. The molecule has 142 valence electrons. The standard InChI is InChI=1S/C17H20N6O2S2/c1-4-14-19-21-16(27-14)18-13(24)10-26-17-22-20-15(23(17)5-2)11-6-8-12(25-3)9-7-11/h6-9H,4-5,10H2,1-3H3,(H,18,21,24). The van der Waals surface area contributed by atoms with Gasteiger partial charge in [-0.3, -0.25) is 10.1 Å². The summed E-state index contributed by atoms with van der Waals surface area (Å²) in [6.45, 7) is 4.72. The highest BCUT2D eigenvalue weighted by atomic mass is 32.2. The van der Waals surface area contributed by atoms with Crippen molar-refractivity contribution in [3.8, 4) is 17.1 Å². The summed E-state index contributed by atoms with van der Waals surface area (Å²) < 4.78 is 7.18. The van der Waals surface area contributed by atoms with Crippen molar-refractivity contribution in [3.05, 3.63) is 29.3 Å². The second-order valence-electron chi connectivity index (χ2n) is 5.47. The van der Waals surface area contributed by atoms with Crippen LogP contribution in [0.25, 0.3) is 11.4 Å². The Morgan fingerprint density at radius 2 is 1.96 bits per heavy atom. The Hall–Kier alpha value is -2.46. The molecule has 1 aromatic carbocycles. The first-order valence-corrected chi connectivity index (χ1v) is 10.3. The van der Waals surface area contributed by atoms with E-state index in [9.17, 15) is 4.79 Å². The van der Waals surface area contributed by atoms with Crippen molar-refractivity contribution in [3.63, 3.8) is 0 Å². The first-order chi connectivity index (χ1) is 13.1. The molecule has 0 bridgehead atoms. The average Bonchev–Trinajstić information content (AvgIpc) is 3.32. The van der Waals surface area contributed by atoms with Crippen LogP contribution >= 0.6 is 23.1 Å². The minimum atomic E-state index is -0.143. The fraction of sp³-hybridized carbons (Fsp3) is 0.353. The third kappa shape index (κ3) is 4.64. The van der Waals surface area contributed by atoms with Gasteiger partial charge < -0.3 is 9.30 Å². The average molecular weight is 405 g/mol. The summed E-state index contributed by atoms with van der Waals surface area (Å²) in [4.78, 5) is 12.2. The molecule has 10 heteroatoms. The summed E-state index contributed by atoms with van der Waals surface area (Å²) in [6.07, 6.45) is 0.802. The van der Waals surface area contributed by atoms with Crippen LogP contribution in [0.5, 0.6) is 5.75 Å². The number of amides is 1. The van der Waals surface area contributed by atoms with Gasteiger partial charge in [-0.15, -0.1) is 20.4 Å². The van der Waals surface area contributed by atoms with Gasteiger partial charge in [0.1, 0.15) is 10.8 Å². The van der Waals surface area contributed by atoms with Crippen LogP contribution in [0.3, 0.4) is 0 Å². The molecule has 27 heavy (non-hydrogen) atoms. The lowest BCUT2D eigenvalue weighted by atomic mass is 10.2. The molecule has 0 radical (unpaired) electrons. The molecule has 2 heterocycles. The van der Waals surface area contributed by atoms with Gasteiger partial charge in [0, 0.05) is 12.1 Å². The van der Waals surface area contributed by atoms with Crippen LogP contribution in [0, 0.1) is 0 Å². The Bertz CT molecular complexity index is 907. The summed E-state index contributed by atoms with van der Waals surface area (Å²) in [5.74, 6) is 1.63. The maximum absolute atomic E-state index is 12.2. The number of carbonyl (C=O) groups is 1. The molecule has 0 unspecified atom stereocenters. The molecule has 3 aromatic rings. The highest BCUT2D eigenvalue weighted by Gasteiger charge is 2.15. The first-order valence-electron chi connectivity index (χ1n) is 8.47. The molecule has 3 rings (SSSR count). The van der Waals surface area contributed by atoms with E-state index in [1.807, 2.05) is 42.7 Å². The van der Waals surface area contributed by atoms with E-state index in [1.54, 1.807) is 7.11 Å². The molecule has 0 saturated carbocycles. The molecule has 2 aromatic heterocycles. The number of methoxy groups -OCH3 is 1. The smallest absolute Gasteiger partial charge is 0.236 e. The van der Waals surface area contributed by atoms with Gasteiger partial charge in [-0.05, 0) is 37.6 Å². The molecule has 1 N–H and O–H groups in total. The number of rotatable bonds is 8. The van der Waals surface area contributed by atoms with E-state index < -0.39 is 0 Å². The van der Waals surface area contributed by atoms with Crippen molar-refractivity contribution in [1.29, 1.82) is 0 Å². The topological polar surface area (TPSA) is 94.8 Å². The van der Waals surface area contributed by atoms with Gasteiger partial charge in [0.25, 0.3) is 0 Å². The third-order valence-electron chi connectivity index (χ3n) is 3.73. The fourth-order valence-corrected chi connectivity index (χ4v) is 3.86. The van der Waals surface area contributed by atoms with Crippen molar-refractivity contribution in [2.24, 2.45) is 0 Å². The molecule has 0 fully saturated rings. The lowest BCUT2D eigenvalue weighted by Crippen LogP contribution is -2.14. The number of hydrogen-bond acceptors (Lipinski definition) is 8. The quantitative estimate of drug-likeness (QED) is 0.576. The van der Waals surface area contributed by atoms with Crippen LogP contribution in [0.4, 0.5) is 5.13 Å². The minimum absolute atomic E-state index is 0.143. The van der Waals surface area contributed by atoms with Crippen LogP contribution < -0.4 is 10.1 Å². The maximum Gasteiger partial charge on any atom is 0.236 e. The molecule has 0 aliphatic carbocycles. The molecule has 0 spiro atoms. The van der Waals surface area contributed by atoms with Gasteiger partial charge in [-0.2, -0.15) is 0 Å². The van der Waals surface area contributed by atoms with Gasteiger partial charge >= 0.3 is 0 Å². The number of benzene rings is 1. The summed E-state index contributed by atoms with van der Waals surface area (Å²) in [5.41, 5.74) is 0.947. The van der Waals surface area contributed by atoms with Gasteiger partial charge in [0.2, 0.25) is 11.0 Å². The van der Waals surface area contributed by atoms with Crippen molar-refractivity contribution in [2.45, 2.75) is 32.0 Å². The Morgan fingerprint density at radius 3 is 2.59 bits per heavy atom. The maximum atomic E-state index is 12.2. The van der Waals surface area contributed by atoms with E-state index in [0.29, 0.717) is 16.8 Å². The molecule has 0 aliphatic rings. The van der Waals surface area contributed by atoms with Crippen LogP contribution in [0.1, 0.15) is 18.9 Å². The van der Waals surface area contributed by atoms with Crippen LogP contribution in [0.2, 0.25) is 0 Å². The zero-order valence-electron chi connectivity index (χ0n) is 15.3. The Morgan fingerprint density at radius 1 is 1.19 bits per heavy atom. The Kier molecular flexibility index (Phi) is 6.40. The number of hydrogen-bond donors (Lipinski definition) is 1. The van der Waals surface area contributed by atoms with E-state index >= 15 is 0 Å². The molecular formula is C17H20N6O2S2. The Labute approximate surface area is 165 Å². The van der Waals surface area contributed by atoms with Crippen LogP contribution in [0.15, 0.2) is 29.4 Å². The number of aryl methyl sites for hydroxylation is 1. The van der Waals surface area contributed by atoms with E-state index in [4.69, 9.17) is 4.74 Å². The normalized spacial score (nSPS) is 10.8. The lowest BCUT2D eigenvalue weighted by molar-refractivity contribution is -0.113. The molecule has 0 saturated heterocycles. The van der Waals surface area contributed by atoms with Gasteiger partial charge in [0.05, 0.1) is 12.9 Å². The minimum Gasteiger partial charge on any atom is -0.497 e. The molecular weight excluding hydrogens is 384 g/mol. The predicted molar refractivity (Wildman–Crippen MR) is 106 cm³/mol. The lowest BCUT2D eigenvalue weighted by Gasteiger charge is -2.08. The van der Waals surface area contributed by atoms with Gasteiger partial charge in [-0.1, -0.05) is 30.0 Å². The summed E-state index contributed by atoms with van der Waals surface area (Å²) in [7, 11) is 1.63. The monoisotopic (exact) mass is 404 g/mol. The van der Waals surface area contributed by atoms with Crippen molar-refractivity contribution >= 4 is 34.1 Å². The van der Waals surface area contributed by atoms with Gasteiger partial charge in [0.15, 0.2) is 11.0 Å². The largest absolute Gasteiger partial charge is 0.497 e. The zero-order chi connectivity index (χ0) is 19.2. The summed E-state index contributed by atoms with van der Waals surface area (Å²) in [6, 6.07) is 7.65. The van der Waals surface area contributed by atoms with E-state index in [-0.39, 0.29) is 11.7 Å². The number of anilines is 1. The van der Waals surface area contributed by atoms with E-state index in [1.165, 1.54) is 23.1 Å². The second-order valence-corrected chi connectivity index (χ2v) is 7.47. The molecule has 0 atom stereocenters. The van der Waals surface area contributed by atoms with Crippen LogP contribution in [-0.2, 0) is 17.8 Å². The fourth-order valence-electron chi connectivity index (χ4n) is 2.37. The van der Waals surface area contributed by atoms with E-state index in [0.717, 1.165) is 28.6 Å². The zero-order valence-corrected chi connectivity index (χ0v) is 16.9. The van der Waals surface area contributed by atoms with Gasteiger partial charge in [-0.25, -0.2) is 0 Å². The number of ether oxygens (including phenoxy) is 1. The SMILES string of the molecule is CCc1nnc(NC(=O)CSc2nnc(-c3ccc(OC)cc3)n2CC)s1. The van der Waals surface area contributed by atoms with Crippen molar-refractivity contribution < 1.29 is 9.53 Å². The highest BCUT2D eigenvalue weighted by Crippen LogP contribution is 2.25. The Balaban J connectivity index is 1.66. The highest BCUT2D eigenvalue weighted by molar-refractivity contribution is 7.99.